The van der Waals surface area contributed by atoms with Crippen LogP contribution in [0.3, 0.4) is 0 Å². The van der Waals surface area contributed by atoms with Gasteiger partial charge in [-0.1, -0.05) is 96.8 Å². The molecule has 0 aliphatic carbocycles. The summed E-state index contributed by atoms with van der Waals surface area (Å²) >= 11 is 0. The van der Waals surface area contributed by atoms with Gasteiger partial charge in [0.2, 0.25) is 0 Å². The van der Waals surface area contributed by atoms with Crippen LogP contribution in [0.15, 0.2) is 0 Å². The van der Waals surface area contributed by atoms with Gasteiger partial charge in [-0.3, -0.25) is 9.59 Å². The van der Waals surface area contributed by atoms with Crippen LogP contribution in [0.5, 0.6) is 0 Å². The molecule has 0 aromatic carbocycles. The first kappa shape index (κ1) is 26.4. The van der Waals surface area contributed by atoms with Crippen LogP contribution in [0.2, 0.25) is 0 Å². The van der Waals surface area contributed by atoms with Crippen molar-refractivity contribution in [2.75, 3.05) is 0 Å². The van der Waals surface area contributed by atoms with E-state index in [4.69, 9.17) is 5.11 Å². The average Bonchev–Trinajstić information content (AvgIpc) is 2.67. The predicted octanol–water partition coefficient (Wildman–Crippen LogP) is 5.69. The molecule has 0 radical (unpaired) electrons. The molecule has 0 atom stereocenters. The van der Waals surface area contributed by atoms with Crippen molar-refractivity contribution in [3.8, 4) is 0 Å². The van der Waals surface area contributed by atoms with Crippen molar-refractivity contribution >= 4 is 17.8 Å². The van der Waals surface area contributed by atoms with Crippen LogP contribution in [0.4, 0.5) is 0 Å². The quantitative estimate of drug-likeness (QED) is 0.215. The number of amides is 1. The number of nitrogens with one attached hydrogen (secondary N) is 1. The van der Waals surface area contributed by atoms with Gasteiger partial charge in [-0.25, -0.2) is 4.79 Å². The molecule has 0 aliphatic heterocycles. The number of carboxylic acids is 1. The summed E-state index contributed by atoms with van der Waals surface area (Å²) < 4.78 is 0. The van der Waals surface area contributed by atoms with Gasteiger partial charge in [-0.2, -0.15) is 5.48 Å². The normalized spacial score (nSPS) is 10.6. The zero-order valence-corrected chi connectivity index (χ0v) is 17.8. The van der Waals surface area contributed by atoms with E-state index in [1.54, 1.807) is 0 Å². The van der Waals surface area contributed by atoms with Crippen LogP contribution in [0.1, 0.15) is 122 Å². The number of hydrogen-bond donors (Lipinski definition) is 2. The van der Waals surface area contributed by atoms with Crippen LogP contribution in [-0.2, 0) is 19.2 Å². The Morgan fingerprint density at radius 3 is 1.50 bits per heavy atom. The molecule has 0 spiro atoms. The van der Waals surface area contributed by atoms with Gasteiger partial charge >= 0.3 is 11.9 Å². The topological polar surface area (TPSA) is 92.7 Å². The van der Waals surface area contributed by atoms with Gasteiger partial charge in [0.05, 0.1) is 12.8 Å². The van der Waals surface area contributed by atoms with Crippen LogP contribution in [0.25, 0.3) is 0 Å². The highest BCUT2D eigenvalue weighted by molar-refractivity contribution is 5.79. The lowest BCUT2D eigenvalue weighted by atomic mass is 10.0. The first-order chi connectivity index (χ1) is 13.6. The maximum absolute atomic E-state index is 11.5. The molecule has 6 heteroatoms. The van der Waals surface area contributed by atoms with Gasteiger partial charge in [-0.15, -0.1) is 0 Å². The molecule has 1 amide bonds. The third kappa shape index (κ3) is 20.7. The van der Waals surface area contributed by atoms with E-state index in [2.05, 4.69) is 17.2 Å². The lowest BCUT2D eigenvalue weighted by molar-refractivity contribution is -0.159. The molecule has 2 N–H and O–H groups in total. The number of unbranched alkanes of at least 4 members (excludes halogenated alkanes) is 14. The number of hydroxylamine groups is 1. The molecule has 0 aliphatic rings. The third-order valence-electron chi connectivity index (χ3n) is 4.83. The smallest absolute Gasteiger partial charge is 0.332 e. The number of aliphatic carboxylic acids is 1. The van der Waals surface area contributed by atoms with E-state index in [1.807, 2.05) is 0 Å². The molecule has 0 unspecified atom stereocenters. The molecule has 0 aromatic rings. The zero-order chi connectivity index (χ0) is 20.9. The highest BCUT2D eigenvalue weighted by Crippen LogP contribution is 2.13. The lowest BCUT2D eigenvalue weighted by Gasteiger charge is -2.05. The Labute approximate surface area is 170 Å². The summed E-state index contributed by atoms with van der Waals surface area (Å²) in [5.41, 5.74) is 2.07. The Balaban J connectivity index is 3.25. The SMILES string of the molecule is CCCCCCCCCCCCCCCCCC(=O)NOC(=O)CCC(=O)O. The molecule has 0 saturated heterocycles. The van der Waals surface area contributed by atoms with Crippen molar-refractivity contribution in [1.29, 1.82) is 0 Å². The second-order valence-corrected chi connectivity index (χ2v) is 7.59. The van der Waals surface area contributed by atoms with E-state index in [9.17, 15) is 14.4 Å². The maximum Gasteiger partial charge on any atom is 0.332 e. The first-order valence-electron chi connectivity index (χ1n) is 11.3. The number of carboxylic acid groups (broad SMARTS) is 1. The minimum absolute atomic E-state index is 0.241. The van der Waals surface area contributed by atoms with Crippen molar-refractivity contribution in [1.82, 2.24) is 5.48 Å². The largest absolute Gasteiger partial charge is 0.481 e. The van der Waals surface area contributed by atoms with Crippen LogP contribution in [0, 0.1) is 0 Å². The molecule has 6 nitrogen and oxygen atoms in total. The zero-order valence-electron chi connectivity index (χ0n) is 17.8. The van der Waals surface area contributed by atoms with E-state index >= 15 is 0 Å². The second-order valence-electron chi connectivity index (χ2n) is 7.59. The Morgan fingerprint density at radius 1 is 0.643 bits per heavy atom. The van der Waals surface area contributed by atoms with Gasteiger partial charge in [0, 0.05) is 6.42 Å². The van der Waals surface area contributed by atoms with Gasteiger partial charge < -0.3 is 9.94 Å². The summed E-state index contributed by atoms with van der Waals surface area (Å²) in [6, 6.07) is 0. The van der Waals surface area contributed by atoms with Crippen LogP contribution >= 0.6 is 0 Å². The summed E-state index contributed by atoms with van der Waals surface area (Å²) in [6.07, 6.45) is 18.8. The molecule has 0 saturated carbocycles. The molecule has 0 fully saturated rings. The van der Waals surface area contributed by atoms with E-state index in [-0.39, 0.29) is 18.7 Å². The van der Waals surface area contributed by atoms with E-state index in [1.165, 1.54) is 77.0 Å². The number of carbonyl (C=O) groups is 3. The molecular formula is C22H41NO5. The van der Waals surface area contributed by atoms with Crippen molar-refractivity contribution in [2.24, 2.45) is 0 Å². The van der Waals surface area contributed by atoms with Crippen molar-refractivity contribution in [2.45, 2.75) is 122 Å². The molecule has 164 valence electrons. The second kappa shape index (κ2) is 20.2. The summed E-state index contributed by atoms with van der Waals surface area (Å²) in [5, 5.41) is 8.45. The van der Waals surface area contributed by atoms with Gasteiger partial charge in [-0.05, 0) is 6.42 Å². The summed E-state index contributed by atoms with van der Waals surface area (Å²) in [6.45, 7) is 2.25. The average molecular weight is 400 g/mol. The third-order valence-corrected chi connectivity index (χ3v) is 4.83. The Kier molecular flexibility index (Phi) is 19.0. The Bertz CT molecular complexity index is 412. The van der Waals surface area contributed by atoms with E-state index < -0.39 is 11.9 Å². The first-order valence-corrected chi connectivity index (χ1v) is 11.3. The fourth-order valence-corrected chi connectivity index (χ4v) is 3.08. The van der Waals surface area contributed by atoms with Crippen molar-refractivity contribution in [3.05, 3.63) is 0 Å². The fraction of sp³-hybridized carbons (Fsp3) is 0.864. The minimum Gasteiger partial charge on any atom is -0.481 e. The molecule has 0 bridgehead atoms. The molecule has 28 heavy (non-hydrogen) atoms. The number of hydrogen-bond acceptors (Lipinski definition) is 4. The molecule has 0 aromatic heterocycles. The van der Waals surface area contributed by atoms with Crippen LogP contribution < -0.4 is 5.48 Å². The van der Waals surface area contributed by atoms with Gasteiger partial charge in [0.15, 0.2) is 0 Å². The maximum atomic E-state index is 11.5. The Hall–Kier alpha value is -1.59. The number of carbonyl (C=O) groups excluding carboxylic acids is 2. The predicted molar refractivity (Wildman–Crippen MR) is 111 cm³/mol. The van der Waals surface area contributed by atoms with Crippen LogP contribution in [-0.4, -0.2) is 23.0 Å². The highest BCUT2D eigenvalue weighted by Gasteiger charge is 2.09. The van der Waals surface area contributed by atoms with E-state index in [0.29, 0.717) is 6.42 Å². The summed E-state index contributed by atoms with van der Waals surface area (Å²) in [5.74, 6) is -2.13. The Morgan fingerprint density at radius 2 is 1.07 bits per heavy atom. The number of rotatable bonds is 19. The summed E-state index contributed by atoms with van der Waals surface area (Å²) in [7, 11) is 0. The van der Waals surface area contributed by atoms with Crippen molar-refractivity contribution < 1.29 is 24.3 Å². The molecule has 0 heterocycles. The highest BCUT2D eigenvalue weighted by atomic mass is 16.7. The minimum atomic E-state index is -1.07. The van der Waals surface area contributed by atoms with Crippen molar-refractivity contribution in [3.63, 3.8) is 0 Å². The monoisotopic (exact) mass is 399 g/mol. The lowest BCUT2D eigenvalue weighted by Crippen LogP contribution is -2.27. The molecular weight excluding hydrogens is 358 g/mol. The van der Waals surface area contributed by atoms with Gasteiger partial charge in [0.1, 0.15) is 0 Å². The summed E-state index contributed by atoms with van der Waals surface area (Å²) in [4.78, 5) is 37.5. The van der Waals surface area contributed by atoms with E-state index in [0.717, 1.165) is 19.3 Å². The molecule has 0 rings (SSSR count). The van der Waals surface area contributed by atoms with Gasteiger partial charge in [0.25, 0.3) is 5.91 Å². The standard InChI is InChI=1S/C22H41NO5/c1-2-3-4-5-6-7-8-9-10-11-12-13-14-15-16-17-20(24)23-28-22(27)19-18-21(25)26/h2-19H2,1H3,(H,23,24)(H,25,26). The fourth-order valence-electron chi connectivity index (χ4n) is 3.08.